The maximum absolute atomic E-state index is 12.2. The van der Waals surface area contributed by atoms with Crippen LogP contribution in [0.25, 0.3) is 0 Å². The van der Waals surface area contributed by atoms with Gasteiger partial charge in [0.25, 0.3) is 0 Å². The predicted octanol–water partition coefficient (Wildman–Crippen LogP) is 2.70. The van der Waals surface area contributed by atoms with Gasteiger partial charge in [-0.2, -0.15) is 0 Å². The van der Waals surface area contributed by atoms with Gasteiger partial charge in [0, 0.05) is 11.3 Å². The van der Waals surface area contributed by atoms with Gasteiger partial charge < -0.3 is 5.11 Å². The minimum atomic E-state index is -1.12. The van der Waals surface area contributed by atoms with Crippen molar-refractivity contribution in [3.05, 3.63) is 29.8 Å². The molecule has 0 spiro atoms. The smallest absolute Gasteiger partial charge is 0.320 e. The zero-order valence-electron chi connectivity index (χ0n) is 10.4. The van der Waals surface area contributed by atoms with E-state index in [9.17, 15) is 14.7 Å². The molecule has 4 heteroatoms. The average molecular weight is 245 g/mol. The first-order valence-electron chi connectivity index (χ1n) is 5.94. The van der Waals surface area contributed by atoms with Crippen LogP contribution in [0.1, 0.15) is 30.6 Å². The molecule has 94 valence electrons. The first-order valence-corrected chi connectivity index (χ1v) is 5.94. The number of aliphatic imine (C=N–C) groups is 1. The Labute approximate surface area is 105 Å². The summed E-state index contributed by atoms with van der Waals surface area (Å²) in [6.45, 7) is 3.96. The molecule has 18 heavy (non-hydrogen) atoms. The van der Waals surface area contributed by atoms with Gasteiger partial charge in [0.2, 0.25) is 0 Å². The summed E-state index contributed by atoms with van der Waals surface area (Å²) in [5.41, 5.74) is 1.44. The van der Waals surface area contributed by atoms with E-state index < -0.39 is 11.9 Å². The van der Waals surface area contributed by atoms with Gasteiger partial charge in [-0.1, -0.05) is 26.0 Å². The summed E-state index contributed by atoms with van der Waals surface area (Å²) in [4.78, 5) is 27.8. The van der Waals surface area contributed by atoms with Crippen molar-refractivity contribution in [2.75, 3.05) is 0 Å². The predicted molar refractivity (Wildman–Crippen MR) is 68.4 cm³/mol. The Hall–Kier alpha value is -1.97. The molecule has 4 nitrogen and oxygen atoms in total. The van der Waals surface area contributed by atoms with Crippen LogP contribution in [0.5, 0.6) is 0 Å². The standard InChI is InChI=1S/C14H15NO3/c1-8(2)7-11-12(14(17)18)13(16)9-5-3-4-6-10(9)15-11/h3-6,8,12H,7H2,1-2H3,(H,17,18). The lowest BCUT2D eigenvalue weighted by molar-refractivity contribution is -0.138. The van der Waals surface area contributed by atoms with Crippen molar-refractivity contribution in [2.45, 2.75) is 20.3 Å². The highest BCUT2D eigenvalue weighted by Crippen LogP contribution is 2.30. The normalized spacial score (nSPS) is 18.5. The van der Waals surface area contributed by atoms with Gasteiger partial charge in [-0.3, -0.25) is 14.6 Å². The maximum atomic E-state index is 12.2. The molecule has 1 aromatic carbocycles. The summed E-state index contributed by atoms with van der Waals surface area (Å²) in [5, 5.41) is 9.22. The molecule has 0 fully saturated rings. The highest BCUT2D eigenvalue weighted by molar-refractivity contribution is 6.27. The number of benzene rings is 1. The van der Waals surface area contributed by atoms with E-state index in [1.807, 2.05) is 13.8 Å². The lowest BCUT2D eigenvalue weighted by Gasteiger charge is -2.21. The van der Waals surface area contributed by atoms with E-state index >= 15 is 0 Å². The van der Waals surface area contributed by atoms with E-state index in [-0.39, 0.29) is 11.7 Å². The fourth-order valence-electron chi connectivity index (χ4n) is 2.14. The number of rotatable bonds is 3. The third-order valence-corrected chi connectivity index (χ3v) is 2.89. The summed E-state index contributed by atoms with van der Waals surface area (Å²) in [6, 6.07) is 6.89. The van der Waals surface area contributed by atoms with Crippen LogP contribution < -0.4 is 0 Å². The molecular formula is C14H15NO3. The second kappa shape index (κ2) is 4.72. The van der Waals surface area contributed by atoms with E-state index in [1.165, 1.54) is 0 Å². The topological polar surface area (TPSA) is 66.7 Å². The first kappa shape index (κ1) is 12.5. The zero-order valence-corrected chi connectivity index (χ0v) is 10.4. The highest BCUT2D eigenvalue weighted by atomic mass is 16.4. The Bertz CT molecular complexity index is 532. The van der Waals surface area contributed by atoms with Crippen LogP contribution >= 0.6 is 0 Å². The number of aliphatic carboxylic acids is 1. The molecule has 0 saturated heterocycles. The molecule has 1 aliphatic rings. The minimum Gasteiger partial charge on any atom is -0.480 e. The second-order valence-electron chi connectivity index (χ2n) is 4.85. The number of carbonyl (C=O) groups is 2. The molecule has 0 radical (unpaired) electrons. The van der Waals surface area contributed by atoms with Crippen molar-refractivity contribution in [3.63, 3.8) is 0 Å². The van der Waals surface area contributed by atoms with Crippen LogP contribution in [0.15, 0.2) is 29.3 Å². The second-order valence-corrected chi connectivity index (χ2v) is 4.85. The SMILES string of the molecule is CC(C)CC1=Nc2ccccc2C(=O)C1C(=O)O. The Morgan fingerprint density at radius 2 is 2.06 bits per heavy atom. The lowest BCUT2D eigenvalue weighted by atomic mass is 9.85. The summed E-state index contributed by atoms with van der Waals surface area (Å²) < 4.78 is 0. The Morgan fingerprint density at radius 1 is 1.39 bits per heavy atom. The average Bonchev–Trinajstić information content (AvgIpc) is 2.27. The van der Waals surface area contributed by atoms with Gasteiger partial charge in [-0.15, -0.1) is 0 Å². The van der Waals surface area contributed by atoms with Crippen molar-refractivity contribution >= 4 is 23.2 Å². The molecule has 1 aliphatic heterocycles. The quantitative estimate of drug-likeness (QED) is 0.832. The van der Waals surface area contributed by atoms with Crippen molar-refractivity contribution in [3.8, 4) is 0 Å². The number of ketones is 1. The van der Waals surface area contributed by atoms with E-state index in [4.69, 9.17) is 0 Å². The van der Waals surface area contributed by atoms with E-state index in [1.54, 1.807) is 24.3 Å². The number of hydrogen-bond acceptors (Lipinski definition) is 3. The zero-order chi connectivity index (χ0) is 13.3. The summed E-state index contributed by atoms with van der Waals surface area (Å²) in [7, 11) is 0. The molecule has 1 N–H and O–H groups in total. The minimum absolute atomic E-state index is 0.267. The van der Waals surface area contributed by atoms with Crippen molar-refractivity contribution in [2.24, 2.45) is 16.8 Å². The number of para-hydroxylation sites is 1. The van der Waals surface area contributed by atoms with Crippen LogP contribution in [0.2, 0.25) is 0 Å². The van der Waals surface area contributed by atoms with Crippen LogP contribution in [0.4, 0.5) is 5.69 Å². The first-order chi connectivity index (χ1) is 8.50. The fourth-order valence-corrected chi connectivity index (χ4v) is 2.14. The van der Waals surface area contributed by atoms with E-state index in [0.717, 1.165) is 0 Å². The molecule has 1 aromatic rings. The van der Waals surface area contributed by atoms with Crippen LogP contribution in [0, 0.1) is 11.8 Å². The van der Waals surface area contributed by atoms with E-state index in [2.05, 4.69) is 4.99 Å². The Kier molecular flexibility index (Phi) is 3.28. The number of carboxylic acid groups (broad SMARTS) is 1. The van der Waals surface area contributed by atoms with Crippen LogP contribution in [-0.4, -0.2) is 22.6 Å². The van der Waals surface area contributed by atoms with Gasteiger partial charge >= 0.3 is 5.97 Å². The van der Waals surface area contributed by atoms with Gasteiger partial charge in [0.1, 0.15) is 0 Å². The van der Waals surface area contributed by atoms with E-state index in [0.29, 0.717) is 23.4 Å². The molecule has 1 atom stereocenters. The Balaban J connectivity index is 2.51. The van der Waals surface area contributed by atoms with Gasteiger partial charge in [-0.05, 0) is 24.5 Å². The number of carboxylic acids is 1. The lowest BCUT2D eigenvalue weighted by Crippen LogP contribution is -2.34. The molecule has 2 rings (SSSR count). The molecule has 0 saturated carbocycles. The molecule has 0 bridgehead atoms. The summed E-state index contributed by atoms with van der Waals surface area (Å²) in [6.07, 6.45) is 0.525. The Morgan fingerprint density at radius 3 is 2.67 bits per heavy atom. The molecule has 1 heterocycles. The van der Waals surface area contributed by atoms with Gasteiger partial charge in [-0.25, -0.2) is 0 Å². The summed E-state index contributed by atoms with van der Waals surface area (Å²) >= 11 is 0. The molecule has 1 unspecified atom stereocenters. The monoisotopic (exact) mass is 245 g/mol. The van der Waals surface area contributed by atoms with Crippen LogP contribution in [0.3, 0.4) is 0 Å². The molecule has 0 aliphatic carbocycles. The van der Waals surface area contributed by atoms with Gasteiger partial charge in [0.05, 0.1) is 5.69 Å². The number of hydrogen-bond donors (Lipinski definition) is 1. The largest absolute Gasteiger partial charge is 0.480 e. The third kappa shape index (κ3) is 2.18. The number of nitrogens with zero attached hydrogens (tertiary/aromatic N) is 1. The molecule has 0 aromatic heterocycles. The molecule has 0 amide bonds. The fraction of sp³-hybridized carbons (Fsp3) is 0.357. The number of fused-ring (bicyclic) bond motifs is 1. The maximum Gasteiger partial charge on any atom is 0.320 e. The summed E-state index contributed by atoms with van der Waals surface area (Å²) in [5.74, 6) is -2.33. The van der Waals surface area contributed by atoms with Crippen molar-refractivity contribution < 1.29 is 14.7 Å². The van der Waals surface area contributed by atoms with Gasteiger partial charge in [0.15, 0.2) is 11.7 Å². The van der Waals surface area contributed by atoms with Crippen LogP contribution in [-0.2, 0) is 4.79 Å². The number of carbonyl (C=O) groups excluding carboxylic acids is 1. The molecular weight excluding hydrogens is 230 g/mol. The van der Waals surface area contributed by atoms with Crippen molar-refractivity contribution in [1.82, 2.24) is 0 Å². The highest BCUT2D eigenvalue weighted by Gasteiger charge is 2.36. The number of Topliss-reactive ketones (excluding diaryl/α,β-unsaturated/α-hetero) is 1. The van der Waals surface area contributed by atoms with Crippen molar-refractivity contribution in [1.29, 1.82) is 0 Å². The third-order valence-electron chi connectivity index (χ3n) is 2.89.